The van der Waals surface area contributed by atoms with Crippen LogP contribution in [0.4, 0.5) is 0 Å². The Morgan fingerprint density at radius 3 is 1.86 bits per heavy atom. The van der Waals surface area contributed by atoms with Gasteiger partial charge in [-0.05, 0) is 33.1 Å². The zero-order chi connectivity index (χ0) is 14.8. The molecular formula is C18H24LiOP. The van der Waals surface area contributed by atoms with Crippen LogP contribution in [0.2, 0.25) is 0 Å². The fourth-order valence-electron chi connectivity index (χ4n) is 1.60. The summed E-state index contributed by atoms with van der Waals surface area (Å²) in [6, 6.07) is 19.8. The van der Waals surface area contributed by atoms with Crippen LogP contribution >= 0.6 is 8.58 Å². The third-order valence-corrected chi connectivity index (χ3v) is 4.34. The van der Waals surface area contributed by atoms with Gasteiger partial charge in [0.1, 0.15) is 0 Å². The molecule has 0 amide bonds. The van der Waals surface area contributed by atoms with Gasteiger partial charge in [-0.25, -0.2) is 0 Å². The Bertz CT molecular complexity index is 485. The Labute approximate surface area is 142 Å². The molecule has 0 aliphatic heterocycles. The summed E-state index contributed by atoms with van der Waals surface area (Å²) in [5.74, 6) is 0.612. The molecule has 0 fully saturated rings. The average molecular weight is 294 g/mol. The van der Waals surface area contributed by atoms with Crippen molar-refractivity contribution in [1.29, 1.82) is 0 Å². The number of aryl methyl sites for hydroxylation is 1. The predicted octanol–water partition coefficient (Wildman–Crippen LogP) is 4.51. The fraction of sp³-hybridized carbons (Fsp3) is 0.278. The quantitative estimate of drug-likeness (QED) is 0.599. The second-order valence-electron chi connectivity index (χ2n) is 5.07. The first-order valence-electron chi connectivity index (χ1n) is 6.95. The molecule has 0 radical (unpaired) electrons. The number of carbonyl (C=O) groups excluding carboxylic acids is 1. The first-order valence-corrected chi connectivity index (χ1v) is 8.16. The van der Waals surface area contributed by atoms with Crippen LogP contribution in [0.25, 0.3) is 0 Å². The van der Waals surface area contributed by atoms with Crippen LogP contribution in [0.3, 0.4) is 0 Å². The van der Waals surface area contributed by atoms with E-state index in [1.165, 1.54) is 0 Å². The number of hydrogen-bond donors (Lipinski definition) is 0. The summed E-state index contributed by atoms with van der Waals surface area (Å²) < 4.78 is 0. The van der Waals surface area contributed by atoms with E-state index < -0.39 is 0 Å². The molecule has 0 N–H and O–H groups in total. The van der Waals surface area contributed by atoms with Crippen molar-refractivity contribution in [3.8, 4) is 0 Å². The van der Waals surface area contributed by atoms with E-state index in [1.54, 1.807) is 0 Å². The summed E-state index contributed by atoms with van der Waals surface area (Å²) in [7, 11) is 0.421. The first-order chi connectivity index (χ1) is 9.61. The second kappa shape index (κ2) is 11.8. The smallest absolute Gasteiger partial charge is 0.0623 e. The molecule has 1 unspecified atom stereocenters. The summed E-state index contributed by atoms with van der Waals surface area (Å²) in [5.41, 5.74) is 2.29. The Balaban J connectivity index is 0.000000480. The maximum atomic E-state index is 11.8. The van der Waals surface area contributed by atoms with Crippen LogP contribution in [-0.4, -0.2) is 30.5 Å². The van der Waals surface area contributed by atoms with Crippen molar-refractivity contribution in [3.63, 3.8) is 0 Å². The number of benzene rings is 2. The third kappa shape index (κ3) is 8.89. The summed E-state index contributed by atoms with van der Waals surface area (Å²) >= 11 is 0. The van der Waals surface area contributed by atoms with Gasteiger partial charge >= 0.3 is 18.9 Å². The molecule has 0 saturated heterocycles. The first kappa shape index (κ1) is 20.1. The molecule has 108 valence electrons. The Morgan fingerprint density at radius 1 is 0.952 bits per heavy atom. The standard InChI is InChI=1S/C12H17OP.C6H6.Li.H/c1-9(2)8-14-12(13)11-7-5-4-6-10(11)3;1-2-4-6-5-3-1;;/h4-7,9,14H,8H2,1-3H3;1-6H;;. The van der Waals surface area contributed by atoms with E-state index in [0.29, 0.717) is 20.0 Å². The van der Waals surface area contributed by atoms with Gasteiger partial charge in [0.25, 0.3) is 0 Å². The van der Waals surface area contributed by atoms with Gasteiger partial charge in [0, 0.05) is 5.56 Å². The van der Waals surface area contributed by atoms with Crippen molar-refractivity contribution < 1.29 is 4.79 Å². The third-order valence-electron chi connectivity index (χ3n) is 2.73. The summed E-state index contributed by atoms with van der Waals surface area (Å²) in [6.07, 6.45) is 1.01. The minimum Gasteiger partial charge on any atom is -0.0623 e. The van der Waals surface area contributed by atoms with E-state index in [0.717, 1.165) is 17.3 Å². The Hall–Kier alpha value is -0.863. The molecule has 2 aromatic rings. The van der Waals surface area contributed by atoms with E-state index in [-0.39, 0.29) is 18.9 Å². The molecule has 0 spiro atoms. The van der Waals surface area contributed by atoms with Crippen molar-refractivity contribution in [2.45, 2.75) is 20.8 Å². The molecule has 0 aliphatic rings. The van der Waals surface area contributed by atoms with Crippen molar-refractivity contribution in [1.82, 2.24) is 0 Å². The monoisotopic (exact) mass is 294 g/mol. The topological polar surface area (TPSA) is 17.1 Å². The van der Waals surface area contributed by atoms with E-state index in [9.17, 15) is 4.79 Å². The molecule has 0 aliphatic carbocycles. The van der Waals surface area contributed by atoms with E-state index in [1.807, 2.05) is 67.6 Å². The minimum absolute atomic E-state index is 0. The molecule has 0 aromatic heterocycles. The number of rotatable bonds is 4. The zero-order valence-corrected chi connectivity index (χ0v) is 13.5. The molecule has 0 bridgehead atoms. The minimum atomic E-state index is 0. The molecule has 1 nitrogen and oxygen atoms in total. The largest absolute Gasteiger partial charge is 0.0623 e. The molecule has 2 rings (SSSR count). The van der Waals surface area contributed by atoms with Crippen LogP contribution in [0, 0.1) is 12.8 Å². The van der Waals surface area contributed by atoms with Crippen molar-refractivity contribution in [2.24, 2.45) is 5.92 Å². The number of hydrogen-bond acceptors (Lipinski definition) is 1. The molecular weight excluding hydrogens is 270 g/mol. The van der Waals surface area contributed by atoms with Crippen LogP contribution in [0.15, 0.2) is 60.7 Å². The van der Waals surface area contributed by atoms with Crippen LogP contribution in [-0.2, 0) is 0 Å². The maximum Gasteiger partial charge on any atom is -0.0623 e. The maximum absolute atomic E-state index is 11.8. The van der Waals surface area contributed by atoms with Crippen LogP contribution in [0.5, 0.6) is 0 Å². The zero-order valence-electron chi connectivity index (χ0n) is 12.5. The van der Waals surface area contributed by atoms with Gasteiger partial charge in [-0.1, -0.05) is 74.5 Å². The van der Waals surface area contributed by atoms with E-state index in [4.69, 9.17) is 0 Å². The van der Waals surface area contributed by atoms with Gasteiger partial charge in [0.15, 0.2) is 5.52 Å². The SMILES string of the molecule is Cc1ccccc1C(=O)PCC(C)C.[LiH].c1ccccc1. The molecule has 1 atom stereocenters. The molecule has 3 heteroatoms. The predicted molar refractivity (Wildman–Crippen MR) is 97.1 cm³/mol. The van der Waals surface area contributed by atoms with E-state index in [2.05, 4.69) is 13.8 Å². The van der Waals surface area contributed by atoms with Gasteiger partial charge < -0.3 is 0 Å². The van der Waals surface area contributed by atoms with Gasteiger partial charge in [-0.2, -0.15) is 0 Å². The average Bonchev–Trinajstić information content (AvgIpc) is 2.48. The van der Waals surface area contributed by atoms with Gasteiger partial charge in [-0.3, -0.25) is 4.79 Å². The number of carbonyl (C=O) groups is 1. The molecule has 0 saturated carbocycles. The Kier molecular flexibility index (Phi) is 11.3. The van der Waals surface area contributed by atoms with Crippen LogP contribution < -0.4 is 0 Å². The normalized spacial score (nSPS) is 9.90. The summed E-state index contributed by atoms with van der Waals surface area (Å²) in [6.45, 7) is 6.29. The van der Waals surface area contributed by atoms with Gasteiger partial charge in [0.05, 0.1) is 0 Å². The van der Waals surface area contributed by atoms with Crippen LogP contribution in [0.1, 0.15) is 29.8 Å². The second-order valence-corrected chi connectivity index (χ2v) is 6.29. The molecule has 21 heavy (non-hydrogen) atoms. The Morgan fingerprint density at radius 2 is 1.43 bits per heavy atom. The van der Waals surface area contributed by atoms with Crippen molar-refractivity contribution in [2.75, 3.05) is 6.16 Å². The molecule has 0 heterocycles. The van der Waals surface area contributed by atoms with Gasteiger partial charge in [-0.15, -0.1) is 0 Å². The molecule has 2 aromatic carbocycles. The summed E-state index contributed by atoms with van der Waals surface area (Å²) in [5, 5.41) is 0. The fourth-order valence-corrected chi connectivity index (χ4v) is 2.67. The van der Waals surface area contributed by atoms with Crippen molar-refractivity contribution >= 4 is 33.0 Å². The summed E-state index contributed by atoms with van der Waals surface area (Å²) in [4.78, 5) is 11.8. The van der Waals surface area contributed by atoms with E-state index >= 15 is 0 Å². The van der Waals surface area contributed by atoms with Crippen molar-refractivity contribution in [3.05, 3.63) is 71.8 Å². The van der Waals surface area contributed by atoms with Gasteiger partial charge in [0.2, 0.25) is 0 Å².